The van der Waals surface area contributed by atoms with E-state index in [9.17, 15) is 14.9 Å². The van der Waals surface area contributed by atoms with Crippen LogP contribution in [0.5, 0.6) is 0 Å². The first-order valence-corrected chi connectivity index (χ1v) is 7.94. The van der Waals surface area contributed by atoms with Crippen molar-refractivity contribution in [3.8, 4) is 0 Å². The number of halogens is 1. The number of rotatable bonds is 4. The second kappa shape index (κ2) is 8.32. The zero-order valence-corrected chi connectivity index (χ0v) is 14.6. The number of carbonyl (C=O) groups is 1. The summed E-state index contributed by atoms with van der Waals surface area (Å²) >= 11 is 8.40. The molecular weight excluding hydrogens is 394 g/mol. The molecule has 0 atom stereocenters. The third kappa shape index (κ3) is 5.56. The molecule has 0 bridgehead atoms. The van der Waals surface area contributed by atoms with Crippen molar-refractivity contribution in [3.63, 3.8) is 0 Å². The Kier molecular flexibility index (Phi) is 6.16. The molecule has 2 aromatic rings. The average Bonchev–Trinajstić information content (AvgIpc) is 2.53. The molecule has 0 saturated carbocycles. The first-order chi connectivity index (χ1) is 11.4. The summed E-state index contributed by atoms with van der Waals surface area (Å²) in [7, 11) is 0. The van der Waals surface area contributed by atoms with Crippen LogP contribution in [0.1, 0.15) is 5.56 Å². The summed E-state index contributed by atoms with van der Waals surface area (Å²) in [6.45, 7) is 0. The van der Waals surface area contributed by atoms with E-state index in [2.05, 4.69) is 26.6 Å². The van der Waals surface area contributed by atoms with Gasteiger partial charge in [-0.25, -0.2) is 0 Å². The van der Waals surface area contributed by atoms with Crippen LogP contribution in [0.3, 0.4) is 0 Å². The molecule has 0 unspecified atom stereocenters. The van der Waals surface area contributed by atoms with Crippen molar-refractivity contribution >= 4 is 56.6 Å². The number of benzene rings is 2. The lowest BCUT2D eigenvalue weighted by atomic mass is 10.2. The Balaban J connectivity index is 1.93. The molecule has 24 heavy (non-hydrogen) atoms. The fraction of sp³-hybridized carbons (Fsp3) is 0. The van der Waals surface area contributed by atoms with Gasteiger partial charge in [-0.1, -0.05) is 34.1 Å². The summed E-state index contributed by atoms with van der Waals surface area (Å²) in [6, 6.07) is 13.3. The fourth-order valence-electron chi connectivity index (χ4n) is 1.80. The summed E-state index contributed by atoms with van der Waals surface area (Å²) < 4.78 is 0.882. The molecule has 8 heteroatoms. The van der Waals surface area contributed by atoms with Crippen LogP contribution in [0.15, 0.2) is 59.1 Å². The molecule has 0 saturated heterocycles. The highest BCUT2D eigenvalue weighted by Gasteiger charge is 2.05. The van der Waals surface area contributed by atoms with Gasteiger partial charge in [-0.3, -0.25) is 20.2 Å². The van der Waals surface area contributed by atoms with Crippen LogP contribution in [0.25, 0.3) is 6.08 Å². The van der Waals surface area contributed by atoms with Gasteiger partial charge in [0.2, 0.25) is 5.91 Å². The van der Waals surface area contributed by atoms with E-state index in [1.54, 1.807) is 12.1 Å². The Bertz CT molecular complexity index is 824. The maximum Gasteiger partial charge on any atom is 0.270 e. The summed E-state index contributed by atoms with van der Waals surface area (Å²) in [5.74, 6) is -0.436. The molecule has 0 aromatic heterocycles. The van der Waals surface area contributed by atoms with E-state index in [1.165, 1.54) is 24.3 Å². The number of hydrogen-bond acceptors (Lipinski definition) is 4. The summed E-state index contributed by atoms with van der Waals surface area (Å²) in [5, 5.41) is 16.2. The van der Waals surface area contributed by atoms with Gasteiger partial charge >= 0.3 is 0 Å². The lowest BCUT2D eigenvalue weighted by molar-refractivity contribution is -0.384. The van der Waals surface area contributed by atoms with E-state index in [0.717, 1.165) is 10.2 Å². The number of non-ortho nitro benzene ring substituents is 1. The summed E-state index contributed by atoms with van der Waals surface area (Å²) in [6.07, 6.45) is 2.73. The van der Waals surface area contributed by atoms with Gasteiger partial charge in [0.25, 0.3) is 5.69 Å². The molecule has 1 amide bonds. The van der Waals surface area contributed by atoms with Crippen molar-refractivity contribution in [2.75, 3.05) is 5.32 Å². The van der Waals surface area contributed by atoms with Crippen molar-refractivity contribution in [2.24, 2.45) is 0 Å². The van der Waals surface area contributed by atoms with Gasteiger partial charge in [0.1, 0.15) is 0 Å². The van der Waals surface area contributed by atoms with Crippen molar-refractivity contribution in [2.45, 2.75) is 0 Å². The molecule has 2 aromatic carbocycles. The standard InChI is InChI=1S/C16H12BrN3O3S/c17-12-4-2-5-13(10-12)18-16(24)19-15(21)8-7-11-3-1-6-14(9-11)20(22)23/h1-10H,(H2,18,19,21,24)/b8-7+. The molecule has 2 rings (SSSR count). The number of anilines is 1. The number of hydrogen-bond donors (Lipinski definition) is 2. The van der Waals surface area contributed by atoms with Gasteiger partial charge in [-0.05, 0) is 42.1 Å². The summed E-state index contributed by atoms with van der Waals surface area (Å²) in [5.41, 5.74) is 1.24. The predicted octanol–water partition coefficient (Wildman–Crippen LogP) is 3.88. The number of carbonyl (C=O) groups excluding carboxylic acids is 1. The van der Waals surface area contributed by atoms with Gasteiger partial charge < -0.3 is 5.32 Å². The second-order valence-electron chi connectivity index (χ2n) is 4.64. The van der Waals surface area contributed by atoms with Crippen LogP contribution in [0.2, 0.25) is 0 Å². The number of nitro groups is 1. The lowest BCUT2D eigenvalue weighted by Gasteiger charge is -2.08. The molecule has 0 aliphatic carbocycles. The number of nitro benzene ring substituents is 1. The van der Waals surface area contributed by atoms with Crippen LogP contribution in [0, 0.1) is 10.1 Å². The smallest absolute Gasteiger partial charge is 0.270 e. The Hall–Kier alpha value is -2.58. The zero-order valence-electron chi connectivity index (χ0n) is 12.2. The first kappa shape index (κ1) is 17.8. The van der Waals surface area contributed by atoms with E-state index in [0.29, 0.717) is 5.56 Å². The topological polar surface area (TPSA) is 84.3 Å². The molecular formula is C16H12BrN3O3S. The molecule has 0 fully saturated rings. The third-order valence-electron chi connectivity index (χ3n) is 2.83. The van der Waals surface area contributed by atoms with Gasteiger partial charge in [0.15, 0.2) is 5.11 Å². The Morgan fingerprint density at radius 1 is 1.21 bits per heavy atom. The maximum absolute atomic E-state index is 11.8. The minimum Gasteiger partial charge on any atom is -0.332 e. The van der Waals surface area contributed by atoms with Crippen LogP contribution in [-0.4, -0.2) is 15.9 Å². The van der Waals surface area contributed by atoms with Crippen molar-refractivity contribution < 1.29 is 9.72 Å². The fourth-order valence-corrected chi connectivity index (χ4v) is 2.41. The quantitative estimate of drug-likeness (QED) is 0.349. The predicted molar refractivity (Wildman–Crippen MR) is 101 cm³/mol. The molecule has 2 N–H and O–H groups in total. The molecule has 0 aliphatic heterocycles. The van der Waals surface area contributed by atoms with Crippen LogP contribution in [-0.2, 0) is 4.79 Å². The molecule has 0 heterocycles. The van der Waals surface area contributed by atoms with E-state index in [4.69, 9.17) is 12.2 Å². The number of nitrogens with one attached hydrogen (secondary N) is 2. The van der Waals surface area contributed by atoms with Crippen molar-refractivity contribution in [1.29, 1.82) is 0 Å². The largest absolute Gasteiger partial charge is 0.332 e. The molecule has 0 aliphatic rings. The molecule has 0 spiro atoms. The lowest BCUT2D eigenvalue weighted by Crippen LogP contribution is -2.32. The Morgan fingerprint density at radius 3 is 2.67 bits per heavy atom. The van der Waals surface area contributed by atoms with E-state index < -0.39 is 10.8 Å². The van der Waals surface area contributed by atoms with E-state index in [-0.39, 0.29) is 10.8 Å². The molecule has 0 radical (unpaired) electrons. The van der Waals surface area contributed by atoms with Gasteiger partial charge in [0, 0.05) is 28.4 Å². The maximum atomic E-state index is 11.8. The minimum atomic E-state index is -0.492. The van der Waals surface area contributed by atoms with Gasteiger partial charge in [-0.2, -0.15) is 0 Å². The number of nitrogens with zero attached hydrogens (tertiary/aromatic N) is 1. The summed E-state index contributed by atoms with van der Waals surface area (Å²) in [4.78, 5) is 22.1. The highest BCUT2D eigenvalue weighted by Crippen LogP contribution is 2.15. The Labute approximate surface area is 151 Å². The Morgan fingerprint density at radius 2 is 1.96 bits per heavy atom. The normalized spacial score (nSPS) is 10.4. The SMILES string of the molecule is O=C(/C=C/c1cccc([N+](=O)[O-])c1)NC(=S)Nc1cccc(Br)c1. The van der Waals surface area contributed by atoms with Crippen molar-refractivity contribution in [3.05, 3.63) is 74.8 Å². The van der Waals surface area contributed by atoms with Crippen LogP contribution in [0.4, 0.5) is 11.4 Å². The monoisotopic (exact) mass is 405 g/mol. The number of amides is 1. The highest BCUT2D eigenvalue weighted by atomic mass is 79.9. The van der Waals surface area contributed by atoms with Gasteiger partial charge in [0.05, 0.1) is 4.92 Å². The third-order valence-corrected chi connectivity index (χ3v) is 3.52. The minimum absolute atomic E-state index is 0.0376. The van der Waals surface area contributed by atoms with Crippen LogP contribution < -0.4 is 10.6 Å². The van der Waals surface area contributed by atoms with Crippen molar-refractivity contribution in [1.82, 2.24) is 5.32 Å². The molecule has 122 valence electrons. The average molecular weight is 406 g/mol. The zero-order chi connectivity index (χ0) is 17.5. The van der Waals surface area contributed by atoms with E-state index >= 15 is 0 Å². The number of thiocarbonyl (C=S) groups is 1. The van der Waals surface area contributed by atoms with Gasteiger partial charge in [-0.15, -0.1) is 0 Å². The molecule has 6 nitrogen and oxygen atoms in total. The van der Waals surface area contributed by atoms with E-state index in [1.807, 2.05) is 24.3 Å². The second-order valence-corrected chi connectivity index (χ2v) is 5.96. The highest BCUT2D eigenvalue weighted by molar-refractivity contribution is 9.10. The first-order valence-electron chi connectivity index (χ1n) is 6.74. The van der Waals surface area contributed by atoms with Crippen LogP contribution >= 0.6 is 28.1 Å².